The Morgan fingerprint density at radius 2 is 2.25 bits per heavy atom. The molecule has 2 heterocycles. The van der Waals surface area contributed by atoms with E-state index in [4.69, 9.17) is 0 Å². The standard InChI is InChI=1S/C14H23N3O2S/c1-5-9(2)11-12(13(18)19)20-14(15-11)17-7-6-16(4)10(3)8-17/h9-10H,5-8H2,1-4H3,(H,18,19). The molecule has 1 aliphatic rings. The van der Waals surface area contributed by atoms with Crippen LogP contribution in [0.5, 0.6) is 0 Å². The second-order valence-electron chi connectivity index (χ2n) is 5.60. The van der Waals surface area contributed by atoms with Crippen LogP contribution in [-0.4, -0.2) is 53.7 Å². The average Bonchev–Trinajstić information content (AvgIpc) is 2.86. The smallest absolute Gasteiger partial charge is 0.347 e. The fraction of sp³-hybridized carbons (Fsp3) is 0.714. The van der Waals surface area contributed by atoms with E-state index < -0.39 is 5.97 Å². The number of anilines is 1. The van der Waals surface area contributed by atoms with Crippen LogP contribution in [0.3, 0.4) is 0 Å². The maximum Gasteiger partial charge on any atom is 0.347 e. The number of piperazine rings is 1. The summed E-state index contributed by atoms with van der Waals surface area (Å²) in [5.41, 5.74) is 0.742. The maximum atomic E-state index is 11.4. The van der Waals surface area contributed by atoms with E-state index in [1.165, 1.54) is 11.3 Å². The summed E-state index contributed by atoms with van der Waals surface area (Å²) in [5, 5.41) is 10.2. The van der Waals surface area contributed by atoms with Gasteiger partial charge in [-0.25, -0.2) is 9.78 Å². The van der Waals surface area contributed by atoms with Gasteiger partial charge in [0.1, 0.15) is 4.88 Å². The molecular weight excluding hydrogens is 274 g/mol. The first-order chi connectivity index (χ1) is 9.43. The Bertz CT molecular complexity index is 489. The van der Waals surface area contributed by atoms with Crippen LogP contribution in [-0.2, 0) is 0 Å². The SMILES string of the molecule is CCC(C)c1nc(N2CCN(C)C(C)C2)sc1C(=O)O. The lowest BCUT2D eigenvalue weighted by molar-refractivity contribution is 0.0700. The summed E-state index contributed by atoms with van der Waals surface area (Å²) in [5.74, 6) is -0.665. The molecule has 112 valence electrons. The Labute approximate surface area is 124 Å². The van der Waals surface area contributed by atoms with E-state index in [0.29, 0.717) is 10.9 Å². The largest absolute Gasteiger partial charge is 0.477 e. The number of carboxylic acids is 1. The summed E-state index contributed by atoms with van der Waals surface area (Å²) < 4.78 is 0. The molecule has 0 bridgehead atoms. The van der Waals surface area contributed by atoms with Crippen molar-refractivity contribution in [3.8, 4) is 0 Å². The molecule has 1 aromatic rings. The van der Waals surface area contributed by atoms with Gasteiger partial charge in [0, 0.05) is 25.7 Å². The molecule has 0 saturated carbocycles. The molecule has 0 aromatic carbocycles. The van der Waals surface area contributed by atoms with E-state index in [-0.39, 0.29) is 5.92 Å². The molecule has 2 atom stereocenters. The van der Waals surface area contributed by atoms with Crippen LogP contribution in [0.15, 0.2) is 0 Å². The van der Waals surface area contributed by atoms with E-state index in [9.17, 15) is 9.90 Å². The van der Waals surface area contributed by atoms with Crippen molar-refractivity contribution in [2.24, 2.45) is 0 Å². The number of carbonyl (C=O) groups is 1. The average molecular weight is 297 g/mol. The Kier molecular flexibility index (Phi) is 4.65. The minimum absolute atomic E-state index is 0.191. The van der Waals surface area contributed by atoms with Gasteiger partial charge in [-0.3, -0.25) is 0 Å². The highest BCUT2D eigenvalue weighted by molar-refractivity contribution is 7.17. The van der Waals surface area contributed by atoms with Gasteiger partial charge in [-0.15, -0.1) is 0 Å². The fourth-order valence-electron chi connectivity index (χ4n) is 2.36. The molecule has 5 nitrogen and oxygen atoms in total. The third kappa shape index (κ3) is 2.96. The highest BCUT2D eigenvalue weighted by atomic mass is 32.1. The van der Waals surface area contributed by atoms with Gasteiger partial charge in [-0.1, -0.05) is 25.2 Å². The minimum atomic E-state index is -0.855. The summed E-state index contributed by atoms with van der Waals surface area (Å²) in [6, 6.07) is 0.466. The van der Waals surface area contributed by atoms with Crippen LogP contribution in [0.1, 0.15) is 48.5 Å². The number of nitrogens with zero attached hydrogens (tertiary/aromatic N) is 3. The van der Waals surface area contributed by atoms with Crippen molar-refractivity contribution in [1.29, 1.82) is 0 Å². The molecule has 0 spiro atoms. The Morgan fingerprint density at radius 1 is 1.55 bits per heavy atom. The van der Waals surface area contributed by atoms with Crippen LogP contribution < -0.4 is 4.90 Å². The summed E-state index contributed by atoms with van der Waals surface area (Å²) in [6.07, 6.45) is 0.905. The van der Waals surface area contributed by atoms with E-state index in [0.717, 1.165) is 36.9 Å². The predicted octanol–water partition coefficient (Wildman–Crippen LogP) is 2.50. The predicted molar refractivity (Wildman–Crippen MR) is 82.1 cm³/mol. The van der Waals surface area contributed by atoms with Crippen molar-refractivity contribution in [3.63, 3.8) is 0 Å². The first-order valence-electron chi connectivity index (χ1n) is 7.13. The van der Waals surface area contributed by atoms with Gasteiger partial charge < -0.3 is 14.9 Å². The van der Waals surface area contributed by atoms with E-state index in [2.05, 4.69) is 35.7 Å². The number of hydrogen-bond acceptors (Lipinski definition) is 5. The molecule has 1 aliphatic heterocycles. The lowest BCUT2D eigenvalue weighted by atomic mass is 10.0. The summed E-state index contributed by atoms with van der Waals surface area (Å²) >= 11 is 1.32. The van der Waals surface area contributed by atoms with Gasteiger partial charge in [0.2, 0.25) is 0 Å². The minimum Gasteiger partial charge on any atom is -0.477 e. The molecule has 0 radical (unpaired) electrons. The van der Waals surface area contributed by atoms with Crippen molar-refractivity contribution in [1.82, 2.24) is 9.88 Å². The Hall–Kier alpha value is -1.14. The molecule has 2 unspecified atom stereocenters. The molecule has 0 amide bonds. The monoisotopic (exact) mass is 297 g/mol. The second kappa shape index (κ2) is 6.10. The number of thiazole rings is 1. The molecular formula is C14H23N3O2S. The molecule has 1 fully saturated rings. The topological polar surface area (TPSA) is 56.7 Å². The van der Waals surface area contributed by atoms with E-state index >= 15 is 0 Å². The van der Waals surface area contributed by atoms with Crippen LogP contribution in [0.2, 0.25) is 0 Å². The normalized spacial score (nSPS) is 22.0. The summed E-state index contributed by atoms with van der Waals surface area (Å²) in [7, 11) is 2.12. The number of carboxylic acid groups (broad SMARTS) is 1. The van der Waals surface area contributed by atoms with Crippen molar-refractivity contribution in [3.05, 3.63) is 10.6 Å². The zero-order valence-corrected chi connectivity index (χ0v) is 13.4. The highest BCUT2D eigenvalue weighted by Gasteiger charge is 2.27. The van der Waals surface area contributed by atoms with Crippen molar-refractivity contribution in [2.45, 2.75) is 39.2 Å². The number of likely N-dealkylation sites (N-methyl/N-ethyl adjacent to an activating group) is 1. The first-order valence-corrected chi connectivity index (χ1v) is 7.94. The maximum absolute atomic E-state index is 11.4. The zero-order valence-electron chi connectivity index (χ0n) is 12.6. The lowest BCUT2D eigenvalue weighted by Gasteiger charge is -2.37. The molecule has 1 N–H and O–H groups in total. The Morgan fingerprint density at radius 3 is 2.80 bits per heavy atom. The van der Waals surface area contributed by atoms with E-state index in [1.807, 2.05) is 6.92 Å². The van der Waals surface area contributed by atoms with Crippen molar-refractivity contribution in [2.75, 3.05) is 31.6 Å². The molecule has 20 heavy (non-hydrogen) atoms. The van der Waals surface area contributed by atoms with Crippen LogP contribution in [0, 0.1) is 0 Å². The second-order valence-corrected chi connectivity index (χ2v) is 6.58. The molecule has 1 saturated heterocycles. The van der Waals surface area contributed by atoms with Gasteiger partial charge in [0.05, 0.1) is 5.69 Å². The summed E-state index contributed by atoms with van der Waals surface area (Å²) in [6.45, 7) is 9.09. The molecule has 1 aromatic heterocycles. The quantitative estimate of drug-likeness (QED) is 0.925. The zero-order chi connectivity index (χ0) is 14.9. The number of hydrogen-bond donors (Lipinski definition) is 1. The summed E-state index contributed by atoms with van der Waals surface area (Å²) in [4.78, 5) is 21.0. The molecule has 0 aliphatic carbocycles. The first kappa shape index (κ1) is 15.3. The lowest BCUT2D eigenvalue weighted by Crippen LogP contribution is -2.50. The number of aromatic nitrogens is 1. The van der Waals surface area contributed by atoms with Crippen LogP contribution >= 0.6 is 11.3 Å². The van der Waals surface area contributed by atoms with Crippen LogP contribution in [0.25, 0.3) is 0 Å². The van der Waals surface area contributed by atoms with Crippen molar-refractivity contribution >= 4 is 22.4 Å². The van der Waals surface area contributed by atoms with E-state index in [1.54, 1.807) is 0 Å². The van der Waals surface area contributed by atoms with Crippen LogP contribution in [0.4, 0.5) is 5.13 Å². The van der Waals surface area contributed by atoms with Gasteiger partial charge in [-0.05, 0) is 26.3 Å². The Balaban J connectivity index is 2.27. The number of rotatable bonds is 4. The molecule has 2 rings (SSSR count). The van der Waals surface area contributed by atoms with Gasteiger partial charge in [-0.2, -0.15) is 0 Å². The van der Waals surface area contributed by atoms with Gasteiger partial charge in [0.25, 0.3) is 0 Å². The third-order valence-electron chi connectivity index (χ3n) is 4.15. The molecule has 6 heteroatoms. The fourth-order valence-corrected chi connectivity index (χ4v) is 3.42. The van der Waals surface area contributed by atoms with Gasteiger partial charge in [0.15, 0.2) is 5.13 Å². The van der Waals surface area contributed by atoms with Crippen molar-refractivity contribution < 1.29 is 9.90 Å². The number of aromatic carboxylic acids is 1. The highest BCUT2D eigenvalue weighted by Crippen LogP contribution is 2.33. The third-order valence-corrected chi connectivity index (χ3v) is 5.27. The van der Waals surface area contributed by atoms with Gasteiger partial charge >= 0.3 is 5.97 Å².